The Kier molecular flexibility index (Phi) is 7.05. The maximum absolute atomic E-state index is 12.0. The Bertz CT molecular complexity index is 579. The van der Waals surface area contributed by atoms with Crippen molar-refractivity contribution in [1.82, 2.24) is 10.0 Å². The minimum Gasteiger partial charge on any atom is -0.353 e. The quantitative estimate of drug-likeness (QED) is 0.837. The summed E-state index contributed by atoms with van der Waals surface area (Å²) in [7, 11) is -3.53. The van der Waals surface area contributed by atoms with Crippen molar-refractivity contribution in [3.63, 3.8) is 0 Å². The Labute approximate surface area is 138 Å². The summed E-state index contributed by atoms with van der Waals surface area (Å²) in [4.78, 5) is 12.2. The Morgan fingerprint density at radius 2 is 1.61 bits per heavy atom. The van der Waals surface area contributed by atoms with Gasteiger partial charge in [-0.25, -0.2) is 13.1 Å². The highest BCUT2D eigenvalue weighted by molar-refractivity contribution is 7.89. The second kappa shape index (κ2) is 9.03. The first-order valence-corrected chi connectivity index (χ1v) is 9.90. The molecule has 0 saturated heterocycles. The molecular weight excluding hydrogens is 312 g/mol. The van der Waals surface area contributed by atoms with Gasteiger partial charge in [-0.15, -0.1) is 0 Å². The zero-order valence-electron chi connectivity index (χ0n) is 13.5. The Morgan fingerprint density at radius 3 is 2.26 bits per heavy atom. The molecule has 1 aromatic rings. The predicted molar refractivity (Wildman–Crippen MR) is 90.5 cm³/mol. The van der Waals surface area contributed by atoms with Crippen LogP contribution in [-0.2, 0) is 14.8 Å². The van der Waals surface area contributed by atoms with Gasteiger partial charge < -0.3 is 5.32 Å². The van der Waals surface area contributed by atoms with Gasteiger partial charge in [-0.1, -0.05) is 50.3 Å². The molecule has 23 heavy (non-hydrogen) atoms. The van der Waals surface area contributed by atoms with Crippen LogP contribution in [0.25, 0.3) is 0 Å². The maximum Gasteiger partial charge on any atom is 0.240 e. The number of rotatable bonds is 6. The van der Waals surface area contributed by atoms with Crippen molar-refractivity contribution in [2.24, 2.45) is 0 Å². The van der Waals surface area contributed by atoms with E-state index in [-0.39, 0.29) is 29.8 Å². The van der Waals surface area contributed by atoms with Crippen molar-refractivity contribution in [1.29, 1.82) is 0 Å². The molecular formula is C17H26N2O3S. The number of carbonyl (C=O) groups is 1. The molecule has 0 unspecified atom stereocenters. The zero-order chi connectivity index (χ0) is 16.5. The van der Waals surface area contributed by atoms with E-state index in [0.29, 0.717) is 0 Å². The van der Waals surface area contributed by atoms with Crippen molar-refractivity contribution in [3.05, 3.63) is 30.3 Å². The number of benzene rings is 1. The molecule has 1 aliphatic carbocycles. The van der Waals surface area contributed by atoms with Crippen LogP contribution >= 0.6 is 0 Å². The van der Waals surface area contributed by atoms with Gasteiger partial charge in [0.15, 0.2) is 0 Å². The van der Waals surface area contributed by atoms with Crippen LogP contribution in [0.1, 0.15) is 51.4 Å². The van der Waals surface area contributed by atoms with Crippen LogP contribution in [0, 0.1) is 0 Å². The van der Waals surface area contributed by atoms with E-state index in [0.717, 1.165) is 25.7 Å². The van der Waals surface area contributed by atoms with Crippen LogP contribution in [0.4, 0.5) is 0 Å². The highest BCUT2D eigenvalue weighted by atomic mass is 32.2. The molecule has 0 heterocycles. The first kappa shape index (κ1) is 17.9. The highest BCUT2D eigenvalue weighted by Crippen LogP contribution is 2.17. The van der Waals surface area contributed by atoms with E-state index < -0.39 is 10.0 Å². The molecule has 2 rings (SSSR count). The summed E-state index contributed by atoms with van der Waals surface area (Å²) in [6.07, 6.45) is 8.32. The van der Waals surface area contributed by atoms with Crippen LogP contribution in [0.3, 0.4) is 0 Å². The lowest BCUT2D eigenvalue weighted by Crippen LogP contribution is -2.37. The number of nitrogens with one attached hydrogen (secondary N) is 2. The van der Waals surface area contributed by atoms with Gasteiger partial charge >= 0.3 is 0 Å². The Morgan fingerprint density at radius 1 is 1.00 bits per heavy atom. The van der Waals surface area contributed by atoms with Crippen molar-refractivity contribution in [3.8, 4) is 0 Å². The average molecular weight is 338 g/mol. The summed E-state index contributed by atoms with van der Waals surface area (Å²) in [6, 6.07) is 8.44. The molecule has 2 N–H and O–H groups in total. The topological polar surface area (TPSA) is 75.3 Å². The molecule has 6 heteroatoms. The Balaban J connectivity index is 1.74. The molecule has 0 spiro atoms. The zero-order valence-corrected chi connectivity index (χ0v) is 14.3. The molecule has 1 aliphatic rings. The molecule has 5 nitrogen and oxygen atoms in total. The van der Waals surface area contributed by atoms with Crippen LogP contribution in [-0.4, -0.2) is 26.9 Å². The largest absolute Gasteiger partial charge is 0.353 e. The van der Waals surface area contributed by atoms with Gasteiger partial charge in [0.1, 0.15) is 0 Å². The van der Waals surface area contributed by atoms with Crippen LogP contribution in [0.5, 0.6) is 0 Å². The minimum atomic E-state index is -3.53. The van der Waals surface area contributed by atoms with Gasteiger partial charge in [0, 0.05) is 19.0 Å². The normalized spacial score (nSPS) is 17.2. The van der Waals surface area contributed by atoms with E-state index in [2.05, 4.69) is 10.0 Å². The number of hydrogen-bond donors (Lipinski definition) is 2. The first-order valence-electron chi connectivity index (χ1n) is 8.42. The molecule has 1 fully saturated rings. The summed E-state index contributed by atoms with van der Waals surface area (Å²) >= 11 is 0. The van der Waals surface area contributed by atoms with Gasteiger partial charge in [0.05, 0.1) is 4.90 Å². The van der Waals surface area contributed by atoms with Crippen LogP contribution in [0.15, 0.2) is 35.2 Å². The average Bonchev–Trinajstić information content (AvgIpc) is 2.50. The summed E-state index contributed by atoms with van der Waals surface area (Å²) in [5.74, 6) is -0.0775. The second-order valence-corrected chi connectivity index (χ2v) is 7.84. The molecule has 0 aromatic heterocycles. The third-order valence-electron chi connectivity index (χ3n) is 4.17. The molecule has 0 radical (unpaired) electrons. The summed E-state index contributed by atoms with van der Waals surface area (Å²) < 4.78 is 26.6. The van der Waals surface area contributed by atoms with E-state index >= 15 is 0 Å². The fourth-order valence-corrected chi connectivity index (χ4v) is 3.94. The van der Waals surface area contributed by atoms with Crippen molar-refractivity contribution >= 4 is 15.9 Å². The van der Waals surface area contributed by atoms with E-state index in [9.17, 15) is 13.2 Å². The first-order chi connectivity index (χ1) is 11.1. The fraction of sp³-hybridized carbons (Fsp3) is 0.588. The van der Waals surface area contributed by atoms with Gasteiger partial charge in [-0.05, 0) is 25.0 Å². The molecule has 1 amide bonds. The number of carbonyl (C=O) groups excluding carboxylic acids is 1. The van der Waals surface area contributed by atoms with Gasteiger partial charge in [-0.3, -0.25) is 4.79 Å². The number of hydrogen-bond acceptors (Lipinski definition) is 3. The third-order valence-corrected chi connectivity index (χ3v) is 5.64. The predicted octanol–water partition coefficient (Wildman–Crippen LogP) is 2.58. The smallest absolute Gasteiger partial charge is 0.240 e. The van der Waals surface area contributed by atoms with E-state index in [4.69, 9.17) is 0 Å². The lowest BCUT2D eigenvalue weighted by Gasteiger charge is -2.21. The maximum atomic E-state index is 12.0. The molecule has 0 bridgehead atoms. The molecule has 0 atom stereocenters. The third kappa shape index (κ3) is 6.31. The van der Waals surface area contributed by atoms with Crippen LogP contribution in [0.2, 0.25) is 0 Å². The highest BCUT2D eigenvalue weighted by Gasteiger charge is 2.16. The molecule has 0 aliphatic heterocycles. The number of amides is 1. The summed E-state index contributed by atoms with van der Waals surface area (Å²) in [5, 5.41) is 3.04. The van der Waals surface area contributed by atoms with Gasteiger partial charge in [0.25, 0.3) is 0 Å². The van der Waals surface area contributed by atoms with Crippen molar-refractivity contribution in [2.45, 2.75) is 62.3 Å². The van der Waals surface area contributed by atoms with Crippen LogP contribution < -0.4 is 10.0 Å². The SMILES string of the molecule is O=C(CCNS(=O)(=O)c1ccccc1)NC1CCCCCCC1. The fourth-order valence-electron chi connectivity index (χ4n) is 2.88. The van der Waals surface area contributed by atoms with Crippen molar-refractivity contribution < 1.29 is 13.2 Å². The van der Waals surface area contributed by atoms with Gasteiger partial charge in [0.2, 0.25) is 15.9 Å². The minimum absolute atomic E-state index is 0.0775. The molecule has 128 valence electrons. The lowest BCUT2D eigenvalue weighted by atomic mass is 9.96. The second-order valence-electron chi connectivity index (χ2n) is 6.07. The van der Waals surface area contributed by atoms with E-state index in [1.165, 1.54) is 31.4 Å². The lowest BCUT2D eigenvalue weighted by molar-refractivity contribution is -0.121. The van der Waals surface area contributed by atoms with Crippen molar-refractivity contribution in [2.75, 3.05) is 6.54 Å². The molecule has 1 saturated carbocycles. The monoisotopic (exact) mass is 338 g/mol. The summed E-state index contributed by atoms with van der Waals surface area (Å²) in [6.45, 7) is 0.121. The van der Waals surface area contributed by atoms with E-state index in [1.807, 2.05) is 0 Å². The van der Waals surface area contributed by atoms with E-state index in [1.54, 1.807) is 18.2 Å². The Hall–Kier alpha value is -1.40. The van der Waals surface area contributed by atoms with Gasteiger partial charge in [-0.2, -0.15) is 0 Å². The molecule has 1 aromatic carbocycles. The number of sulfonamides is 1. The standard InChI is InChI=1S/C17H26N2O3S/c20-17(19-15-9-5-2-1-3-6-10-15)13-14-18-23(21,22)16-11-7-4-8-12-16/h4,7-8,11-12,15,18H,1-3,5-6,9-10,13-14H2,(H,19,20). The summed E-state index contributed by atoms with van der Waals surface area (Å²) in [5.41, 5.74) is 0.